The van der Waals surface area contributed by atoms with E-state index < -0.39 is 47.1 Å². The van der Waals surface area contributed by atoms with Gasteiger partial charge >= 0.3 is 0 Å². The molecule has 0 atom stereocenters. The number of carbonyl (C=O) groups excluding carboxylic acids is 1. The zero-order valence-electron chi connectivity index (χ0n) is 4.34. The van der Waals surface area contributed by atoms with Crippen molar-refractivity contribution in [1.82, 2.24) is 4.72 Å². The van der Waals surface area contributed by atoms with Gasteiger partial charge in [0.1, 0.15) is 0 Å². The van der Waals surface area contributed by atoms with Crippen LogP contribution in [0.15, 0.2) is 0 Å². The topological polar surface area (TPSA) is 29.1 Å². The Morgan fingerprint density at radius 3 is 2.10 bits per heavy atom. The molecule has 0 bridgehead atoms. The third kappa shape index (κ3) is 3.47. The van der Waals surface area contributed by atoms with Crippen LogP contribution in [0, 0.1) is 0 Å². The van der Waals surface area contributed by atoms with Crippen molar-refractivity contribution in [1.29, 1.82) is 0 Å². The highest BCUT2D eigenvalue weighted by molar-refractivity contribution is 8.13. The van der Waals surface area contributed by atoms with Crippen LogP contribution in [0.25, 0.3) is 0 Å². The van der Waals surface area contributed by atoms with Crippen LogP contribution < -0.4 is 4.72 Å². The zero-order chi connectivity index (χ0) is 7.98. The van der Waals surface area contributed by atoms with E-state index in [1.54, 1.807) is 0 Å². The average molecular weight is 209 g/mol. The molecular weight excluding hydrogens is 207 g/mol. The van der Waals surface area contributed by atoms with E-state index in [0.717, 1.165) is 0 Å². The first kappa shape index (κ1) is 10.3. The molecule has 0 aromatic rings. The third-order valence-corrected chi connectivity index (χ3v) is 1.98. The molecule has 0 unspecified atom stereocenters. The Bertz CT molecular complexity index is 110. The minimum atomic E-state index is -1.54. The lowest BCUT2D eigenvalue weighted by Crippen LogP contribution is -2.23. The molecule has 0 radical (unpaired) electrons. The monoisotopic (exact) mass is 209 g/mol. The van der Waals surface area contributed by atoms with Gasteiger partial charge in [-0.1, -0.05) is 0 Å². The number of hydrogen-bond acceptors (Lipinski definition) is 4. The summed E-state index contributed by atoms with van der Waals surface area (Å²) in [6.07, 6.45) is 0. The summed E-state index contributed by atoms with van der Waals surface area (Å²) in [5.74, 6) is -1.03. The molecule has 0 rings (SSSR count). The Kier molecular flexibility index (Phi) is 6.24. The molecule has 1 amide bonds. The lowest BCUT2D eigenvalue weighted by Gasteiger charge is -2.01. The van der Waals surface area contributed by atoms with Gasteiger partial charge in [-0.05, 0) is 0 Å². The van der Waals surface area contributed by atoms with Crippen LogP contribution in [0.3, 0.4) is 0 Å². The van der Waals surface area contributed by atoms with Crippen LogP contribution >= 0.6 is 36.6 Å². The predicted molar refractivity (Wildman–Crippen MR) is 38.0 cm³/mol. The lowest BCUT2D eigenvalue weighted by atomic mass is 10.7. The molecule has 8 heteroatoms. The summed E-state index contributed by atoms with van der Waals surface area (Å²) in [7, 11) is 0. The van der Waals surface area contributed by atoms with Crippen molar-refractivity contribution >= 4 is 42.5 Å². The Labute approximate surface area is 68.7 Å². The highest BCUT2D eigenvalue weighted by atomic mass is 32.2. The molecule has 60 valence electrons. The minimum Gasteiger partial charge on any atom is -0.272 e. The average Bonchev–Trinajstić information content (AvgIpc) is 1.91. The van der Waals surface area contributed by atoms with Gasteiger partial charge in [0.2, 0.25) is 0 Å². The summed E-state index contributed by atoms with van der Waals surface area (Å²) >= 11 is -1.46. The standard InChI is InChI=1S/C2H2F3NOS3/c3-8-2(9-4)1(7)6-10-5/h2H,(H,6,7). The lowest BCUT2D eigenvalue weighted by molar-refractivity contribution is -0.117. The van der Waals surface area contributed by atoms with Gasteiger partial charge in [0.25, 0.3) is 5.91 Å². The summed E-state index contributed by atoms with van der Waals surface area (Å²) in [6.45, 7) is 0. The SMILES string of the molecule is O=C(NSF)C(SF)SF. The number of hydrogen-bond donors (Lipinski definition) is 1. The van der Waals surface area contributed by atoms with Crippen molar-refractivity contribution < 1.29 is 16.5 Å². The van der Waals surface area contributed by atoms with E-state index in [1.807, 2.05) is 0 Å². The van der Waals surface area contributed by atoms with Crippen molar-refractivity contribution in [3.8, 4) is 0 Å². The molecule has 1 N–H and O–H groups in total. The van der Waals surface area contributed by atoms with Crippen LogP contribution in [0.1, 0.15) is 0 Å². The van der Waals surface area contributed by atoms with Gasteiger partial charge in [-0.15, -0.1) is 3.89 Å². The second-order valence-corrected chi connectivity index (χ2v) is 3.01. The van der Waals surface area contributed by atoms with Gasteiger partial charge in [-0.3, -0.25) is 9.52 Å². The van der Waals surface area contributed by atoms with Gasteiger partial charge in [0, 0.05) is 0 Å². The Morgan fingerprint density at radius 1 is 1.30 bits per heavy atom. The molecule has 0 fully saturated rings. The zero-order valence-corrected chi connectivity index (χ0v) is 6.79. The fourth-order valence-corrected chi connectivity index (χ4v) is 0.914. The largest absolute Gasteiger partial charge is 0.272 e. The maximum Gasteiger partial charge on any atom is 0.260 e. The van der Waals surface area contributed by atoms with Crippen molar-refractivity contribution in [2.75, 3.05) is 0 Å². The molecule has 0 heterocycles. The van der Waals surface area contributed by atoms with Crippen LogP contribution in [0.2, 0.25) is 0 Å². The highest BCUT2D eigenvalue weighted by Gasteiger charge is 2.20. The minimum absolute atomic E-state index is 0.486. The van der Waals surface area contributed by atoms with Gasteiger partial charge in [0.05, 0.1) is 24.3 Å². The normalized spacial score (nSPS) is 10.0. The van der Waals surface area contributed by atoms with E-state index in [1.165, 1.54) is 4.72 Å². The highest BCUT2D eigenvalue weighted by Crippen LogP contribution is 2.25. The number of nitrogens with one attached hydrogen (secondary N) is 1. The van der Waals surface area contributed by atoms with Gasteiger partial charge < -0.3 is 0 Å². The molecule has 0 aliphatic carbocycles. The first-order valence-electron chi connectivity index (χ1n) is 1.88. The molecule has 0 aliphatic rings. The maximum atomic E-state index is 11.5. The molecule has 0 saturated carbocycles. The van der Waals surface area contributed by atoms with E-state index in [4.69, 9.17) is 0 Å². The number of rotatable bonds is 4. The Balaban J connectivity index is 3.65. The van der Waals surface area contributed by atoms with Crippen LogP contribution in [0.4, 0.5) is 11.7 Å². The number of carbonyl (C=O) groups is 1. The second-order valence-electron chi connectivity index (χ2n) is 1.05. The summed E-state index contributed by atoms with van der Waals surface area (Å²) in [5.41, 5.74) is 0. The van der Waals surface area contributed by atoms with Crippen molar-refractivity contribution in [2.45, 2.75) is 4.58 Å². The van der Waals surface area contributed by atoms with Crippen molar-refractivity contribution in [2.24, 2.45) is 0 Å². The van der Waals surface area contributed by atoms with Gasteiger partial charge in [0.15, 0.2) is 16.9 Å². The van der Waals surface area contributed by atoms with Crippen molar-refractivity contribution in [3.63, 3.8) is 0 Å². The van der Waals surface area contributed by atoms with E-state index >= 15 is 0 Å². The smallest absolute Gasteiger partial charge is 0.260 e. The number of amides is 1. The van der Waals surface area contributed by atoms with Crippen LogP contribution in [0.5, 0.6) is 0 Å². The quantitative estimate of drug-likeness (QED) is 0.567. The van der Waals surface area contributed by atoms with Crippen LogP contribution in [-0.4, -0.2) is 10.5 Å². The molecule has 0 spiro atoms. The summed E-state index contributed by atoms with van der Waals surface area (Å²) in [5, 5.41) is 0. The van der Waals surface area contributed by atoms with Gasteiger partial charge in [-0.25, -0.2) is 0 Å². The maximum absolute atomic E-state index is 11.5. The first-order valence-corrected chi connectivity index (χ1v) is 4.16. The molecule has 0 aliphatic heterocycles. The fraction of sp³-hybridized carbons (Fsp3) is 0.500. The van der Waals surface area contributed by atoms with E-state index in [0.29, 0.717) is 0 Å². The van der Waals surface area contributed by atoms with Gasteiger partial charge in [-0.2, -0.15) is 7.77 Å². The number of halogens is 3. The molecular formula is C2H2F3NOS3. The molecule has 2 nitrogen and oxygen atoms in total. The Morgan fingerprint density at radius 2 is 1.80 bits per heavy atom. The summed E-state index contributed by atoms with van der Waals surface area (Å²) in [6, 6.07) is 0. The van der Waals surface area contributed by atoms with Crippen molar-refractivity contribution in [3.05, 3.63) is 0 Å². The van der Waals surface area contributed by atoms with Crippen LogP contribution in [-0.2, 0) is 4.79 Å². The Hall–Kier alpha value is 0.310. The first-order chi connectivity index (χ1) is 4.76. The molecule has 0 saturated heterocycles. The summed E-state index contributed by atoms with van der Waals surface area (Å²) < 4.78 is 34.2. The third-order valence-electron chi connectivity index (χ3n) is 0.515. The molecule has 0 aromatic carbocycles. The molecule has 10 heavy (non-hydrogen) atoms. The van der Waals surface area contributed by atoms with E-state index in [-0.39, 0.29) is 0 Å². The van der Waals surface area contributed by atoms with E-state index in [2.05, 4.69) is 0 Å². The fourth-order valence-electron chi connectivity index (χ4n) is 0.181. The second kappa shape index (κ2) is 6.05. The van der Waals surface area contributed by atoms with E-state index in [9.17, 15) is 16.5 Å². The predicted octanol–water partition coefficient (Wildman–Crippen LogP) is 2.20. The summed E-state index contributed by atoms with van der Waals surface area (Å²) in [4.78, 5) is 10.3. The molecule has 0 aromatic heterocycles.